The Morgan fingerprint density at radius 3 is 2.35 bits per heavy atom. The normalized spacial score (nSPS) is 14.7. The van der Waals surface area contributed by atoms with Crippen molar-refractivity contribution in [1.82, 2.24) is 10.3 Å². The molecule has 0 aliphatic heterocycles. The molecule has 136 valence electrons. The lowest BCUT2D eigenvalue weighted by Gasteiger charge is -2.22. The zero-order valence-corrected chi connectivity index (χ0v) is 15.6. The summed E-state index contributed by atoms with van der Waals surface area (Å²) >= 11 is 11.9. The van der Waals surface area contributed by atoms with Gasteiger partial charge >= 0.3 is 0 Å². The van der Waals surface area contributed by atoms with Crippen LogP contribution in [0.2, 0.25) is 10.0 Å². The number of carbonyl (C=O) groups is 2. The number of pyridine rings is 1. The molecule has 1 aromatic heterocycles. The first-order chi connectivity index (χ1) is 12.5. The van der Waals surface area contributed by atoms with E-state index in [9.17, 15) is 9.59 Å². The number of nitrogens with zero attached hydrogens (tertiary/aromatic N) is 1. The zero-order chi connectivity index (χ0) is 18.5. The number of hydrogen-bond acceptors (Lipinski definition) is 3. The van der Waals surface area contributed by atoms with Gasteiger partial charge in [0.2, 0.25) is 0 Å². The fourth-order valence-corrected chi connectivity index (χ4v) is 3.56. The number of hydrogen-bond donors (Lipinski definition) is 2. The third kappa shape index (κ3) is 4.96. The van der Waals surface area contributed by atoms with Gasteiger partial charge in [-0.1, -0.05) is 42.5 Å². The lowest BCUT2D eigenvalue weighted by atomic mass is 9.95. The topological polar surface area (TPSA) is 71.1 Å². The van der Waals surface area contributed by atoms with Crippen LogP contribution in [0.5, 0.6) is 0 Å². The summed E-state index contributed by atoms with van der Waals surface area (Å²) in [7, 11) is 0. The van der Waals surface area contributed by atoms with E-state index in [4.69, 9.17) is 23.2 Å². The maximum atomic E-state index is 12.4. The first-order valence-electron chi connectivity index (χ1n) is 8.55. The van der Waals surface area contributed by atoms with Crippen LogP contribution < -0.4 is 10.6 Å². The molecule has 0 spiro atoms. The fraction of sp³-hybridized carbons (Fsp3) is 0.316. The van der Waals surface area contributed by atoms with Crippen LogP contribution in [0.15, 0.2) is 36.5 Å². The van der Waals surface area contributed by atoms with Crippen molar-refractivity contribution in [2.45, 2.75) is 38.1 Å². The number of anilines is 1. The molecule has 0 radical (unpaired) electrons. The van der Waals surface area contributed by atoms with E-state index in [1.807, 2.05) is 0 Å². The van der Waals surface area contributed by atoms with Crippen molar-refractivity contribution >= 4 is 40.7 Å². The van der Waals surface area contributed by atoms with Crippen LogP contribution in [0.3, 0.4) is 0 Å². The van der Waals surface area contributed by atoms with Gasteiger partial charge < -0.3 is 10.6 Å². The predicted octanol–water partition coefficient (Wildman–Crippen LogP) is 4.70. The van der Waals surface area contributed by atoms with E-state index in [1.165, 1.54) is 18.7 Å². The van der Waals surface area contributed by atoms with Gasteiger partial charge in [-0.05, 0) is 43.2 Å². The smallest absolute Gasteiger partial charge is 0.274 e. The SMILES string of the molecule is O=C(NC1CCCCC1)c1ccnc(C(=O)Nc2cc(Cl)cc(Cl)c2)c1. The first kappa shape index (κ1) is 18.7. The summed E-state index contributed by atoms with van der Waals surface area (Å²) in [4.78, 5) is 28.9. The minimum Gasteiger partial charge on any atom is -0.349 e. The molecule has 1 fully saturated rings. The van der Waals surface area contributed by atoms with Crippen molar-refractivity contribution in [3.8, 4) is 0 Å². The summed E-state index contributed by atoms with van der Waals surface area (Å²) in [5.41, 5.74) is 1.03. The third-order valence-corrected chi connectivity index (χ3v) is 4.75. The van der Waals surface area contributed by atoms with Crippen LogP contribution in [-0.2, 0) is 0 Å². The van der Waals surface area contributed by atoms with Gasteiger partial charge in [0.1, 0.15) is 5.69 Å². The molecule has 1 heterocycles. The van der Waals surface area contributed by atoms with Gasteiger partial charge in [0.25, 0.3) is 11.8 Å². The summed E-state index contributed by atoms with van der Waals surface area (Å²) in [6.07, 6.45) is 6.95. The lowest BCUT2D eigenvalue weighted by Crippen LogP contribution is -2.36. The van der Waals surface area contributed by atoms with Crippen molar-refractivity contribution in [1.29, 1.82) is 0 Å². The van der Waals surface area contributed by atoms with E-state index < -0.39 is 5.91 Å². The highest BCUT2D eigenvalue weighted by Gasteiger charge is 2.18. The Morgan fingerprint density at radius 1 is 0.962 bits per heavy atom. The summed E-state index contributed by atoms with van der Waals surface area (Å²) in [5.74, 6) is -0.616. The standard InChI is InChI=1S/C19H19Cl2N3O2/c20-13-9-14(21)11-16(10-13)24-19(26)17-8-12(6-7-22-17)18(25)23-15-4-2-1-3-5-15/h6-11,15H,1-5H2,(H,23,25)(H,24,26). The highest BCUT2D eigenvalue weighted by atomic mass is 35.5. The summed E-state index contributed by atoms with van der Waals surface area (Å²) < 4.78 is 0. The molecule has 2 amide bonds. The zero-order valence-electron chi connectivity index (χ0n) is 14.1. The highest BCUT2D eigenvalue weighted by molar-refractivity contribution is 6.35. The summed E-state index contributed by atoms with van der Waals surface area (Å²) in [6, 6.07) is 8.05. The lowest BCUT2D eigenvalue weighted by molar-refractivity contribution is 0.0927. The molecule has 0 bridgehead atoms. The van der Waals surface area contributed by atoms with Gasteiger partial charge in [-0.3, -0.25) is 14.6 Å². The highest BCUT2D eigenvalue weighted by Crippen LogP contribution is 2.23. The molecular weight excluding hydrogens is 373 g/mol. The molecule has 5 nitrogen and oxygen atoms in total. The van der Waals surface area contributed by atoms with Gasteiger partial charge in [-0.2, -0.15) is 0 Å². The van der Waals surface area contributed by atoms with Gasteiger partial charge in [-0.25, -0.2) is 0 Å². The quantitative estimate of drug-likeness (QED) is 0.792. The number of rotatable bonds is 4. The Labute approximate surface area is 162 Å². The fourth-order valence-electron chi connectivity index (χ4n) is 3.03. The van der Waals surface area contributed by atoms with Crippen LogP contribution in [0.4, 0.5) is 5.69 Å². The Hall–Kier alpha value is -2.11. The molecule has 1 aliphatic rings. The Kier molecular flexibility index (Phi) is 6.12. The van der Waals surface area contributed by atoms with Crippen molar-refractivity contribution in [2.75, 3.05) is 5.32 Å². The number of halogens is 2. The molecule has 26 heavy (non-hydrogen) atoms. The Bertz CT molecular complexity index is 800. The van der Waals surface area contributed by atoms with Crippen LogP contribution in [0.1, 0.15) is 53.0 Å². The van der Waals surface area contributed by atoms with E-state index in [1.54, 1.807) is 24.3 Å². The van der Waals surface area contributed by atoms with Crippen LogP contribution >= 0.6 is 23.2 Å². The number of benzene rings is 1. The Balaban J connectivity index is 1.69. The van der Waals surface area contributed by atoms with E-state index in [2.05, 4.69) is 15.6 Å². The molecule has 7 heteroatoms. The van der Waals surface area contributed by atoms with Crippen molar-refractivity contribution in [3.05, 3.63) is 57.8 Å². The molecular formula is C19H19Cl2N3O2. The van der Waals surface area contributed by atoms with Gasteiger partial charge in [0.05, 0.1) is 0 Å². The number of amides is 2. The second kappa shape index (κ2) is 8.52. The molecule has 1 aliphatic carbocycles. The predicted molar refractivity (Wildman–Crippen MR) is 103 cm³/mol. The largest absolute Gasteiger partial charge is 0.349 e. The average Bonchev–Trinajstić information content (AvgIpc) is 2.62. The molecule has 2 N–H and O–H groups in total. The van der Waals surface area contributed by atoms with Crippen LogP contribution in [-0.4, -0.2) is 22.8 Å². The van der Waals surface area contributed by atoms with Crippen LogP contribution in [0, 0.1) is 0 Å². The first-order valence-corrected chi connectivity index (χ1v) is 9.31. The molecule has 0 unspecified atom stereocenters. The van der Waals surface area contributed by atoms with Gasteiger partial charge in [0, 0.05) is 33.5 Å². The van der Waals surface area contributed by atoms with E-state index >= 15 is 0 Å². The third-order valence-electron chi connectivity index (χ3n) is 4.32. The van der Waals surface area contributed by atoms with Crippen molar-refractivity contribution < 1.29 is 9.59 Å². The van der Waals surface area contributed by atoms with E-state index in [-0.39, 0.29) is 17.6 Å². The van der Waals surface area contributed by atoms with E-state index in [0.717, 1.165) is 25.7 Å². The maximum absolute atomic E-state index is 12.4. The second-order valence-electron chi connectivity index (χ2n) is 6.35. The molecule has 3 rings (SSSR count). The number of carbonyl (C=O) groups excluding carboxylic acids is 2. The number of nitrogens with one attached hydrogen (secondary N) is 2. The van der Waals surface area contributed by atoms with Gasteiger partial charge in [-0.15, -0.1) is 0 Å². The minimum absolute atomic E-state index is 0.150. The molecule has 0 atom stereocenters. The molecule has 1 saturated carbocycles. The van der Waals surface area contributed by atoms with Crippen molar-refractivity contribution in [2.24, 2.45) is 0 Å². The second-order valence-corrected chi connectivity index (χ2v) is 7.22. The molecule has 1 aromatic carbocycles. The molecule has 0 saturated heterocycles. The average molecular weight is 392 g/mol. The monoisotopic (exact) mass is 391 g/mol. The maximum Gasteiger partial charge on any atom is 0.274 e. The summed E-state index contributed by atoms with van der Waals surface area (Å²) in [5, 5.41) is 6.55. The Morgan fingerprint density at radius 2 is 1.65 bits per heavy atom. The number of aromatic nitrogens is 1. The van der Waals surface area contributed by atoms with Gasteiger partial charge in [0.15, 0.2) is 0 Å². The van der Waals surface area contributed by atoms with Crippen LogP contribution in [0.25, 0.3) is 0 Å². The minimum atomic E-state index is -0.435. The summed E-state index contributed by atoms with van der Waals surface area (Å²) in [6.45, 7) is 0. The molecule has 2 aromatic rings. The van der Waals surface area contributed by atoms with Crippen molar-refractivity contribution in [3.63, 3.8) is 0 Å². The van der Waals surface area contributed by atoms with E-state index in [0.29, 0.717) is 21.3 Å².